The molecule has 1 unspecified atom stereocenters. The second kappa shape index (κ2) is 5.66. The van der Waals surface area contributed by atoms with Crippen LogP contribution in [0.1, 0.15) is 27.2 Å². The third kappa shape index (κ3) is 3.51. The zero-order valence-corrected chi connectivity index (χ0v) is 13.4. The second-order valence-electron chi connectivity index (χ2n) is 5.56. The normalized spacial score (nSPS) is 20.4. The van der Waals surface area contributed by atoms with E-state index < -0.39 is 0 Å². The predicted octanol–water partition coefficient (Wildman–Crippen LogP) is 4.77. The van der Waals surface area contributed by atoms with Gasteiger partial charge in [-0.25, -0.2) is 0 Å². The second-order valence-corrected chi connectivity index (χ2v) is 7.50. The SMILES string of the molecule is CC(C)(C)C1CCSC(Nc2ccccc2Br)=N1. The zero-order valence-electron chi connectivity index (χ0n) is 11.0. The van der Waals surface area contributed by atoms with Crippen LogP contribution in [0.25, 0.3) is 0 Å². The highest BCUT2D eigenvalue weighted by atomic mass is 79.9. The lowest BCUT2D eigenvalue weighted by molar-refractivity contribution is 0.316. The molecular formula is C14H19BrN2S. The van der Waals surface area contributed by atoms with Gasteiger partial charge in [-0.2, -0.15) is 0 Å². The molecule has 4 heteroatoms. The van der Waals surface area contributed by atoms with Crippen molar-refractivity contribution < 1.29 is 0 Å². The van der Waals surface area contributed by atoms with Gasteiger partial charge in [0.1, 0.15) is 0 Å². The Bertz CT molecular complexity index is 451. The summed E-state index contributed by atoms with van der Waals surface area (Å²) in [6.45, 7) is 6.77. The van der Waals surface area contributed by atoms with Crippen molar-refractivity contribution in [2.45, 2.75) is 33.2 Å². The van der Waals surface area contributed by atoms with E-state index in [9.17, 15) is 0 Å². The van der Waals surface area contributed by atoms with Crippen LogP contribution in [-0.2, 0) is 0 Å². The number of hydrogen-bond donors (Lipinski definition) is 1. The maximum absolute atomic E-state index is 4.84. The highest BCUT2D eigenvalue weighted by Gasteiger charge is 2.27. The number of rotatable bonds is 1. The molecule has 1 aliphatic rings. The Morgan fingerprint density at radius 2 is 2.06 bits per heavy atom. The first-order chi connectivity index (χ1) is 8.47. The molecule has 1 heterocycles. The first-order valence-corrected chi connectivity index (χ1v) is 7.97. The molecule has 0 saturated carbocycles. The minimum absolute atomic E-state index is 0.238. The number of hydrogen-bond acceptors (Lipinski definition) is 3. The smallest absolute Gasteiger partial charge is 0.161 e. The van der Waals surface area contributed by atoms with Gasteiger partial charge in [0.15, 0.2) is 5.17 Å². The Labute approximate surface area is 122 Å². The summed E-state index contributed by atoms with van der Waals surface area (Å²) >= 11 is 5.36. The van der Waals surface area contributed by atoms with Gasteiger partial charge in [0, 0.05) is 10.2 Å². The van der Waals surface area contributed by atoms with Crippen LogP contribution in [0.2, 0.25) is 0 Å². The highest BCUT2D eigenvalue weighted by molar-refractivity contribution is 9.10. The molecule has 1 aliphatic heterocycles. The first-order valence-electron chi connectivity index (χ1n) is 6.19. The van der Waals surface area contributed by atoms with Crippen LogP contribution in [-0.4, -0.2) is 17.0 Å². The quantitative estimate of drug-likeness (QED) is 0.803. The van der Waals surface area contributed by atoms with Crippen molar-refractivity contribution in [1.82, 2.24) is 0 Å². The number of aliphatic imine (C=N–C) groups is 1. The molecule has 0 amide bonds. The molecule has 1 aromatic rings. The van der Waals surface area contributed by atoms with Gasteiger partial charge in [-0.3, -0.25) is 4.99 Å². The fourth-order valence-corrected chi connectivity index (χ4v) is 3.19. The van der Waals surface area contributed by atoms with E-state index >= 15 is 0 Å². The summed E-state index contributed by atoms with van der Waals surface area (Å²) in [6, 6.07) is 8.56. The lowest BCUT2D eigenvalue weighted by atomic mass is 9.85. The molecule has 1 aromatic carbocycles. The number of anilines is 1. The average molecular weight is 327 g/mol. The summed E-state index contributed by atoms with van der Waals surface area (Å²) in [4.78, 5) is 4.84. The Balaban J connectivity index is 2.14. The topological polar surface area (TPSA) is 24.4 Å². The summed E-state index contributed by atoms with van der Waals surface area (Å²) in [6.07, 6.45) is 1.16. The van der Waals surface area contributed by atoms with Crippen LogP contribution >= 0.6 is 27.7 Å². The maximum atomic E-state index is 4.84. The molecule has 0 saturated heterocycles. The first kappa shape index (κ1) is 13.9. The molecule has 2 rings (SSSR count). The van der Waals surface area contributed by atoms with E-state index in [1.807, 2.05) is 18.2 Å². The molecule has 2 nitrogen and oxygen atoms in total. The number of amidine groups is 1. The Morgan fingerprint density at radius 1 is 1.33 bits per heavy atom. The van der Waals surface area contributed by atoms with Gasteiger partial charge >= 0.3 is 0 Å². The molecule has 0 aromatic heterocycles. The van der Waals surface area contributed by atoms with E-state index in [0.29, 0.717) is 6.04 Å². The van der Waals surface area contributed by atoms with Crippen molar-refractivity contribution in [3.63, 3.8) is 0 Å². The van der Waals surface area contributed by atoms with Crippen LogP contribution < -0.4 is 5.32 Å². The Kier molecular flexibility index (Phi) is 4.38. The summed E-state index contributed by atoms with van der Waals surface area (Å²) in [5.74, 6) is 1.14. The molecule has 0 fully saturated rings. The standard InChI is InChI=1S/C14H19BrN2S/c1-14(2,3)12-8-9-18-13(17-12)16-11-7-5-4-6-10(11)15/h4-7,12H,8-9H2,1-3H3,(H,16,17). The van der Waals surface area contributed by atoms with Crippen LogP contribution in [0.4, 0.5) is 5.69 Å². The number of benzene rings is 1. The van der Waals surface area contributed by atoms with Gasteiger partial charge < -0.3 is 5.32 Å². The van der Waals surface area contributed by atoms with E-state index in [2.05, 4.69) is 48.1 Å². The van der Waals surface area contributed by atoms with Crippen molar-refractivity contribution in [1.29, 1.82) is 0 Å². The van der Waals surface area contributed by atoms with Crippen molar-refractivity contribution in [2.75, 3.05) is 11.1 Å². The minimum Gasteiger partial charge on any atom is -0.334 e. The Hall–Kier alpha value is -0.480. The van der Waals surface area contributed by atoms with Crippen LogP contribution in [0.15, 0.2) is 33.7 Å². The monoisotopic (exact) mass is 326 g/mol. The summed E-state index contributed by atoms with van der Waals surface area (Å²) in [5.41, 5.74) is 1.32. The number of nitrogens with zero attached hydrogens (tertiary/aromatic N) is 1. The molecule has 0 spiro atoms. The molecule has 1 atom stereocenters. The maximum Gasteiger partial charge on any atom is 0.161 e. The van der Waals surface area contributed by atoms with Gasteiger partial charge in [0.25, 0.3) is 0 Å². The van der Waals surface area contributed by atoms with Crippen molar-refractivity contribution in [3.05, 3.63) is 28.7 Å². The number of para-hydroxylation sites is 1. The number of halogens is 1. The predicted molar refractivity (Wildman–Crippen MR) is 85.5 cm³/mol. The van der Waals surface area contributed by atoms with Gasteiger partial charge in [-0.15, -0.1) is 0 Å². The van der Waals surface area contributed by atoms with E-state index in [1.165, 1.54) is 0 Å². The average Bonchev–Trinajstić information content (AvgIpc) is 2.31. The fourth-order valence-electron chi connectivity index (χ4n) is 1.88. The minimum atomic E-state index is 0.238. The molecule has 98 valence electrons. The highest BCUT2D eigenvalue weighted by Crippen LogP contribution is 2.32. The van der Waals surface area contributed by atoms with Crippen LogP contribution in [0.5, 0.6) is 0 Å². The van der Waals surface area contributed by atoms with E-state index in [1.54, 1.807) is 11.8 Å². The van der Waals surface area contributed by atoms with Crippen molar-refractivity contribution >= 4 is 38.5 Å². The number of nitrogens with one attached hydrogen (secondary N) is 1. The lowest BCUT2D eigenvalue weighted by Crippen LogP contribution is -2.30. The third-order valence-electron chi connectivity index (χ3n) is 3.02. The molecule has 18 heavy (non-hydrogen) atoms. The molecule has 0 bridgehead atoms. The van der Waals surface area contributed by atoms with E-state index in [0.717, 1.165) is 27.5 Å². The van der Waals surface area contributed by atoms with Gasteiger partial charge in [-0.1, -0.05) is 44.7 Å². The van der Waals surface area contributed by atoms with Crippen LogP contribution in [0, 0.1) is 5.41 Å². The fraction of sp³-hybridized carbons (Fsp3) is 0.500. The van der Waals surface area contributed by atoms with Crippen molar-refractivity contribution in [3.8, 4) is 0 Å². The lowest BCUT2D eigenvalue weighted by Gasteiger charge is -2.31. The van der Waals surface area contributed by atoms with Gasteiger partial charge in [0.2, 0.25) is 0 Å². The van der Waals surface area contributed by atoms with Crippen molar-refractivity contribution in [2.24, 2.45) is 10.4 Å². The van der Waals surface area contributed by atoms with E-state index in [-0.39, 0.29) is 5.41 Å². The van der Waals surface area contributed by atoms with Crippen LogP contribution in [0.3, 0.4) is 0 Å². The van der Waals surface area contributed by atoms with E-state index in [4.69, 9.17) is 4.99 Å². The van der Waals surface area contributed by atoms with Gasteiger partial charge in [-0.05, 0) is 39.9 Å². The summed E-state index contributed by atoms with van der Waals surface area (Å²) < 4.78 is 1.08. The molecular weight excluding hydrogens is 308 g/mol. The summed E-state index contributed by atoms with van der Waals surface area (Å²) in [7, 11) is 0. The third-order valence-corrected chi connectivity index (χ3v) is 4.63. The molecule has 1 N–H and O–H groups in total. The molecule has 0 aliphatic carbocycles. The van der Waals surface area contributed by atoms with Gasteiger partial charge in [0.05, 0.1) is 11.7 Å². The number of thioether (sulfide) groups is 1. The largest absolute Gasteiger partial charge is 0.334 e. The summed E-state index contributed by atoms with van der Waals surface area (Å²) in [5, 5.41) is 4.45. The zero-order chi connectivity index (χ0) is 13.2. The Morgan fingerprint density at radius 3 is 2.72 bits per heavy atom. The molecule has 0 radical (unpaired) electrons.